The van der Waals surface area contributed by atoms with Crippen LogP contribution < -0.4 is 5.32 Å². The summed E-state index contributed by atoms with van der Waals surface area (Å²) in [6.45, 7) is 1.78. The zero-order valence-corrected chi connectivity index (χ0v) is 16.6. The lowest BCUT2D eigenvalue weighted by Crippen LogP contribution is -2.43. The smallest absolute Gasteiger partial charge is 0.236 e. The fraction of sp³-hybridized carbons (Fsp3) is 0.409. The zero-order chi connectivity index (χ0) is 19.6. The number of carbonyl (C=O) groups excluding carboxylic acids is 1. The second-order valence-electron chi connectivity index (χ2n) is 7.17. The Morgan fingerprint density at radius 3 is 2.30 bits per heavy atom. The Morgan fingerprint density at radius 1 is 1.00 bits per heavy atom. The second kappa shape index (κ2) is 10.7. The SMILES string of the molecule is CN(CCc1ccccc1)C(=O)CNC[C@H](Cc1ccc(O)cc1)N(C)C. The summed E-state index contributed by atoms with van der Waals surface area (Å²) in [7, 11) is 5.94. The molecule has 0 unspecified atom stereocenters. The van der Waals surface area contributed by atoms with E-state index in [1.165, 1.54) is 11.1 Å². The van der Waals surface area contributed by atoms with Crippen molar-refractivity contribution in [2.75, 3.05) is 40.8 Å². The summed E-state index contributed by atoms with van der Waals surface area (Å²) < 4.78 is 0. The van der Waals surface area contributed by atoms with Crippen LogP contribution in [0.25, 0.3) is 0 Å². The minimum absolute atomic E-state index is 0.105. The number of phenolic OH excluding ortho intramolecular Hbond substituents is 1. The molecule has 146 valence electrons. The largest absolute Gasteiger partial charge is 0.508 e. The molecule has 2 N–H and O–H groups in total. The maximum Gasteiger partial charge on any atom is 0.236 e. The third kappa shape index (κ3) is 7.41. The van der Waals surface area contributed by atoms with Crippen molar-refractivity contribution in [2.45, 2.75) is 18.9 Å². The van der Waals surface area contributed by atoms with Crippen LogP contribution in [0.1, 0.15) is 11.1 Å². The molecule has 0 aromatic heterocycles. The molecule has 5 heteroatoms. The first-order valence-corrected chi connectivity index (χ1v) is 9.38. The van der Waals surface area contributed by atoms with Crippen molar-refractivity contribution >= 4 is 5.91 Å². The Morgan fingerprint density at radius 2 is 1.67 bits per heavy atom. The second-order valence-corrected chi connectivity index (χ2v) is 7.17. The van der Waals surface area contributed by atoms with E-state index >= 15 is 0 Å². The number of likely N-dealkylation sites (N-methyl/N-ethyl adjacent to an activating group) is 2. The number of nitrogens with zero attached hydrogens (tertiary/aromatic N) is 2. The molecule has 2 aromatic carbocycles. The number of phenols is 1. The van der Waals surface area contributed by atoms with Crippen LogP contribution >= 0.6 is 0 Å². The van der Waals surface area contributed by atoms with Gasteiger partial charge in [-0.1, -0.05) is 42.5 Å². The first kappa shape index (κ1) is 20.9. The number of amides is 1. The van der Waals surface area contributed by atoms with Crippen LogP contribution in [0.4, 0.5) is 0 Å². The molecule has 0 bridgehead atoms. The highest BCUT2D eigenvalue weighted by Gasteiger charge is 2.14. The fourth-order valence-electron chi connectivity index (χ4n) is 2.89. The van der Waals surface area contributed by atoms with Gasteiger partial charge in [0.15, 0.2) is 0 Å². The highest BCUT2D eigenvalue weighted by molar-refractivity contribution is 5.77. The van der Waals surface area contributed by atoms with Crippen molar-refractivity contribution in [3.8, 4) is 5.75 Å². The number of benzene rings is 2. The van der Waals surface area contributed by atoms with Crippen molar-refractivity contribution in [1.82, 2.24) is 15.1 Å². The van der Waals surface area contributed by atoms with Gasteiger partial charge in [0.2, 0.25) is 5.91 Å². The van der Waals surface area contributed by atoms with Gasteiger partial charge in [-0.15, -0.1) is 0 Å². The average molecular weight is 370 g/mol. The molecule has 0 heterocycles. The number of carbonyl (C=O) groups is 1. The van der Waals surface area contributed by atoms with E-state index in [4.69, 9.17) is 0 Å². The summed E-state index contributed by atoms with van der Waals surface area (Å²) in [5, 5.41) is 12.7. The Hall–Kier alpha value is -2.37. The van der Waals surface area contributed by atoms with Crippen LogP contribution in [0.3, 0.4) is 0 Å². The fourth-order valence-corrected chi connectivity index (χ4v) is 2.89. The van der Waals surface area contributed by atoms with Gasteiger partial charge in [0, 0.05) is 26.2 Å². The van der Waals surface area contributed by atoms with Gasteiger partial charge in [-0.05, 0) is 50.2 Å². The van der Waals surface area contributed by atoms with Crippen molar-refractivity contribution < 1.29 is 9.90 Å². The Labute approximate surface area is 162 Å². The van der Waals surface area contributed by atoms with E-state index in [-0.39, 0.29) is 17.7 Å². The summed E-state index contributed by atoms with van der Waals surface area (Å²) in [4.78, 5) is 16.3. The molecule has 0 spiro atoms. The van der Waals surface area contributed by atoms with Gasteiger partial charge in [-0.3, -0.25) is 4.79 Å². The minimum atomic E-state index is 0.105. The summed E-state index contributed by atoms with van der Waals surface area (Å²) in [6, 6.07) is 17.8. The predicted octanol–water partition coefficient (Wildman–Crippen LogP) is 2.16. The number of nitrogens with one attached hydrogen (secondary N) is 1. The molecule has 0 fully saturated rings. The number of hydrogen-bond acceptors (Lipinski definition) is 4. The van der Waals surface area contributed by atoms with E-state index in [2.05, 4.69) is 22.3 Å². The van der Waals surface area contributed by atoms with Crippen LogP contribution in [-0.2, 0) is 17.6 Å². The maximum absolute atomic E-state index is 12.3. The van der Waals surface area contributed by atoms with Crippen LogP contribution in [0, 0.1) is 0 Å². The minimum Gasteiger partial charge on any atom is -0.508 e. The molecule has 0 saturated carbocycles. The van der Waals surface area contributed by atoms with E-state index in [0.717, 1.165) is 25.9 Å². The Balaban J connectivity index is 1.74. The molecule has 0 aliphatic heterocycles. The van der Waals surface area contributed by atoms with Gasteiger partial charge in [0.25, 0.3) is 0 Å². The predicted molar refractivity (Wildman–Crippen MR) is 110 cm³/mol. The van der Waals surface area contributed by atoms with Crippen molar-refractivity contribution in [1.29, 1.82) is 0 Å². The van der Waals surface area contributed by atoms with Gasteiger partial charge in [0.05, 0.1) is 6.54 Å². The van der Waals surface area contributed by atoms with Crippen LogP contribution in [0.5, 0.6) is 5.75 Å². The Kier molecular flexibility index (Phi) is 8.30. The average Bonchev–Trinajstić information content (AvgIpc) is 2.67. The summed E-state index contributed by atoms with van der Waals surface area (Å²) in [5.41, 5.74) is 2.41. The van der Waals surface area contributed by atoms with Crippen molar-refractivity contribution in [2.24, 2.45) is 0 Å². The highest BCUT2D eigenvalue weighted by atomic mass is 16.3. The lowest BCUT2D eigenvalue weighted by molar-refractivity contribution is -0.128. The van der Waals surface area contributed by atoms with Gasteiger partial charge >= 0.3 is 0 Å². The molecular weight excluding hydrogens is 338 g/mol. The molecule has 2 rings (SSSR count). The third-order valence-electron chi connectivity index (χ3n) is 4.80. The molecular formula is C22H31N3O2. The molecule has 0 radical (unpaired) electrons. The van der Waals surface area contributed by atoms with Crippen LogP contribution in [0.15, 0.2) is 54.6 Å². The Bertz CT molecular complexity index is 686. The monoisotopic (exact) mass is 369 g/mol. The molecule has 27 heavy (non-hydrogen) atoms. The molecule has 5 nitrogen and oxygen atoms in total. The zero-order valence-electron chi connectivity index (χ0n) is 16.6. The summed E-state index contributed by atoms with van der Waals surface area (Å²) >= 11 is 0. The number of rotatable bonds is 10. The molecule has 2 aromatic rings. The van der Waals surface area contributed by atoms with E-state index in [1.54, 1.807) is 17.0 Å². The number of hydrogen-bond donors (Lipinski definition) is 2. The molecule has 0 aliphatic rings. The quantitative estimate of drug-likeness (QED) is 0.674. The summed E-state index contributed by atoms with van der Waals surface area (Å²) in [6.07, 6.45) is 1.72. The topological polar surface area (TPSA) is 55.8 Å². The van der Waals surface area contributed by atoms with Gasteiger partial charge in [-0.25, -0.2) is 0 Å². The van der Waals surface area contributed by atoms with Crippen LogP contribution in [-0.4, -0.2) is 67.6 Å². The highest BCUT2D eigenvalue weighted by Crippen LogP contribution is 2.12. The van der Waals surface area contributed by atoms with Crippen molar-refractivity contribution in [3.05, 3.63) is 65.7 Å². The first-order chi connectivity index (χ1) is 13.0. The lowest BCUT2D eigenvalue weighted by atomic mass is 10.0. The van der Waals surface area contributed by atoms with Crippen molar-refractivity contribution in [3.63, 3.8) is 0 Å². The van der Waals surface area contributed by atoms with Gasteiger partial charge < -0.3 is 20.2 Å². The normalized spacial score (nSPS) is 12.1. The third-order valence-corrected chi connectivity index (χ3v) is 4.80. The summed E-state index contributed by atoms with van der Waals surface area (Å²) in [5.74, 6) is 0.385. The molecule has 0 aliphatic carbocycles. The van der Waals surface area contributed by atoms with Gasteiger partial charge in [-0.2, -0.15) is 0 Å². The van der Waals surface area contributed by atoms with E-state index in [9.17, 15) is 9.90 Å². The molecule has 1 atom stereocenters. The standard InChI is InChI=1S/C22H31N3O2/c1-24(2)20(15-19-9-11-21(26)12-10-19)16-23-17-22(27)25(3)14-13-18-7-5-4-6-8-18/h4-12,20,23,26H,13-17H2,1-3H3/t20-/m0/s1. The molecule has 1 amide bonds. The van der Waals surface area contributed by atoms with E-state index in [1.807, 2.05) is 51.5 Å². The van der Waals surface area contributed by atoms with E-state index < -0.39 is 0 Å². The first-order valence-electron chi connectivity index (χ1n) is 9.38. The van der Waals surface area contributed by atoms with Gasteiger partial charge in [0.1, 0.15) is 5.75 Å². The number of aromatic hydroxyl groups is 1. The van der Waals surface area contributed by atoms with E-state index in [0.29, 0.717) is 6.54 Å². The molecule has 0 saturated heterocycles. The maximum atomic E-state index is 12.3. The van der Waals surface area contributed by atoms with Crippen LogP contribution in [0.2, 0.25) is 0 Å². The lowest BCUT2D eigenvalue weighted by Gasteiger charge is -2.25.